The van der Waals surface area contributed by atoms with Gasteiger partial charge in [0.25, 0.3) is 0 Å². The highest BCUT2D eigenvalue weighted by Crippen LogP contribution is 2.19. The third-order valence-electron chi connectivity index (χ3n) is 17.4. The highest BCUT2D eigenvalue weighted by Gasteiger charge is 2.27. The van der Waals surface area contributed by atoms with Crippen LogP contribution >= 0.6 is 0 Å². The Morgan fingerprint density at radius 2 is 0.500 bits per heavy atom. The Morgan fingerprint density at radius 3 is 0.782 bits per heavy atom. The molecule has 0 saturated carbocycles. The van der Waals surface area contributed by atoms with E-state index in [1.54, 1.807) is 0 Å². The van der Waals surface area contributed by atoms with Gasteiger partial charge in [0.1, 0.15) is 0 Å². The van der Waals surface area contributed by atoms with Gasteiger partial charge >= 0.3 is 0 Å². The summed E-state index contributed by atoms with van der Waals surface area (Å²) in [5.74, 6) is 0. The minimum atomic E-state index is -0.394. The van der Waals surface area contributed by atoms with Crippen LogP contribution in [0.1, 0.15) is 324 Å². The fraction of sp³-hybridized carbons (Fsp3) is 1.00. The van der Waals surface area contributed by atoms with Crippen molar-refractivity contribution < 1.29 is 25.5 Å². The lowest BCUT2D eigenvalue weighted by Crippen LogP contribution is -2.57. The second-order valence-corrected chi connectivity index (χ2v) is 25.3. The molecule has 5 N–H and O–H groups in total. The number of hydrazine groups is 1. The Balaban J connectivity index is 3.03. The van der Waals surface area contributed by atoms with E-state index in [1.165, 1.54) is 225 Å². The number of piperazine rings is 1. The summed E-state index contributed by atoms with van der Waals surface area (Å²) < 4.78 is 0. The molecule has 468 valence electrons. The Kier molecular flexibility index (Phi) is 55.3. The zero-order valence-corrected chi connectivity index (χ0v) is 53.4. The summed E-state index contributed by atoms with van der Waals surface area (Å²) in [4.78, 5) is 7.42. The number of aliphatic hydroxyl groups excluding tert-OH is 5. The van der Waals surface area contributed by atoms with E-state index < -0.39 is 12.2 Å². The quantitative estimate of drug-likeness (QED) is 0.0377. The number of hydrogen-bond donors (Lipinski definition) is 5. The predicted octanol–water partition coefficient (Wildman–Crippen LogP) is 15.9. The maximum atomic E-state index is 11.6. The average Bonchev–Trinajstić information content (AvgIpc) is 3.43. The van der Waals surface area contributed by atoms with Crippen molar-refractivity contribution in [3.63, 3.8) is 0 Å². The van der Waals surface area contributed by atoms with Gasteiger partial charge < -0.3 is 25.5 Å². The molecule has 0 aliphatic carbocycles. The van der Waals surface area contributed by atoms with Crippen molar-refractivity contribution in [1.29, 1.82) is 0 Å². The number of aliphatic hydroxyl groups is 5. The second-order valence-electron chi connectivity index (χ2n) is 25.3. The molecule has 0 bridgehead atoms. The van der Waals surface area contributed by atoms with Crippen LogP contribution in [-0.2, 0) is 0 Å². The van der Waals surface area contributed by atoms with Crippen LogP contribution in [0.5, 0.6) is 0 Å². The predicted molar refractivity (Wildman–Crippen MR) is 339 cm³/mol. The molecule has 1 aliphatic heterocycles. The van der Waals surface area contributed by atoms with Crippen molar-refractivity contribution in [2.24, 2.45) is 0 Å². The van der Waals surface area contributed by atoms with Crippen LogP contribution in [0.3, 0.4) is 0 Å². The van der Waals surface area contributed by atoms with Crippen LogP contribution in [0.25, 0.3) is 0 Å². The highest BCUT2D eigenvalue weighted by molar-refractivity contribution is 4.78. The highest BCUT2D eigenvalue weighted by atomic mass is 16.3. The fourth-order valence-electron chi connectivity index (χ4n) is 12.1. The van der Waals surface area contributed by atoms with Crippen LogP contribution in [0.2, 0.25) is 0 Å². The van der Waals surface area contributed by atoms with Gasteiger partial charge in [-0.2, -0.15) is 0 Å². The summed E-state index contributed by atoms with van der Waals surface area (Å²) in [6.45, 7) is 21.5. The van der Waals surface area contributed by atoms with Crippen LogP contribution in [-0.4, -0.2) is 166 Å². The topological polar surface area (TPSA) is 117 Å². The Labute approximate surface area is 487 Å². The molecule has 0 aromatic rings. The number of unbranched alkanes of at least 4 members (excludes halogenated alkanes) is 35. The second kappa shape index (κ2) is 57.1. The van der Waals surface area contributed by atoms with Gasteiger partial charge in [0.15, 0.2) is 0 Å². The zero-order valence-electron chi connectivity index (χ0n) is 53.4. The molecule has 5 atom stereocenters. The van der Waals surface area contributed by atoms with Gasteiger partial charge in [-0.05, 0) is 32.1 Å². The Bertz CT molecular complexity index is 1130. The number of hydrogen-bond acceptors (Lipinski definition) is 10. The largest absolute Gasteiger partial charge is 0.392 e. The smallest absolute Gasteiger partial charge is 0.0681 e. The summed E-state index contributed by atoms with van der Waals surface area (Å²) in [7, 11) is 0. The minimum absolute atomic E-state index is 0.362. The molecule has 0 aromatic heterocycles. The van der Waals surface area contributed by atoms with Gasteiger partial charge in [-0.1, -0.05) is 291 Å². The lowest BCUT2D eigenvalue weighted by Gasteiger charge is -2.43. The minimum Gasteiger partial charge on any atom is -0.392 e. The van der Waals surface area contributed by atoms with Gasteiger partial charge in [-0.15, -0.1) is 0 Å². The lowest BCUT2D eigenvalue weighted by atomic mass is 10.0. The van der Waals surface area contributed by atoms with E-state index in [9.17, 15) is 25.5 Å². The maximum absolute atomic E-state index is 11.6. The van der Waals surface area contributed by atoms with Crippen molar-refractivity contribution >= 4 is 0 Å². The van der Waals surface area contributed by atoms with E-state index in [2.05, 4.69) is 59.3 Å². The number of rotatable bonds is 62. The zero-order chi connectivity index (χ0) is 56.8. The summed E-state index contributed by atoms with van der Waals surface area (Å²) in [6, 6.07) is 0. The lowest BCUT2D eigenvalue weighted by molar-refractivity contribution is -0.0982. The molecule has 0 amide bonds. The van der Waals surface area contributed by atoms with E-state index in [1.807, 2.05) is 0 Å². The van der Waals surface area contributed by atoms with Crippen molar-refractivity contribution in [2.45, 2.75) is 354 Å². The van der Waals surface area contributed by atoms with E-state index >= 15 is 0 Å². The van der Waals surface area contributed by atoms with Gasteiger partial charge in [0, 0.05) is 85.1 Å². The SMILES string of the molecule is CCCCCCCCCCC(O)CN(CCN1CCN(N(CC(O)CCCCCCCCCC)CC(O)CCCCCCCCCC)CC1)CCN(CC(O)CCCCCCCCCC)CC(O)CCCCCCCCCC. The van der Waals surface area contributed by atoms with E-state index in [4.69, 9.17) is 0 Å². The summed E-state index contributed by atoms with van der Waals surface area (Å²) in [6.07, 6.45) is 52.8. The monoisotopic (exact) mass is 1110 g/mol. The van der Waals surface area contributed by atoms with Crippen molar-refractivity contribution in [3.8, 4) is 0 Å². The van der Waals surface area contributed by atoms with Gasteiger partial charge in [-0.25, -0.2) is 10.0 Å². The summed E-state index contributed by atoms with van der Waals surface area (Å²) in [5.41, 5.74) is 0. The summed E-state index contributed by atoms with van der Waals surface area (Å²) >= 11 is 0. The summed E-state index contributed by atoms with van der Waals surface area (Å²) in [5, 5.41) is 62.0. The third kappa shape index (κ3) is 48.0. The third-order valence-corrected chi connectivity index (χ3v) is 17.4. The molecule has 1 rings (SSSR count). The molecule has 1 fully saturated rings. The first kappa shape index (κ1) is 75.6. The van der Waals surface area contributed by atoms with Crippen LogP contribution < -0.4 is 0 Å². The normalized spacial score (nSPS) is 15.8. The first-order chi connectivity index (χ1) is 38.1. The van der Waals surface area contributed by atoms with E-state index in [0.717, 1.165) is 117 Å². The van der Waals surface area contributed by atoms with Crippen molar-refractivity contribution in [3.05, 3.63) is 0 Å². The first-order valence-electron chi connectivity index (χ1n) is 35.2. The van der Waals surface area contributed by atoms with Crippen LogP contribution in [0.4, 0.5) is 0 Å². The maximum Gasteiger partial charge on any atom is 0.0681 e. The Morgan fingerprint density at radius 1 is 0.269 bits per heavy atom. The molecular weight excluding hydrogens is 967 g/mol. The molecular formula is C68H141N5O5. The Hall–Kier alpha value is -0.400. The van der Waals surface area contributed by atoms with Gasteiger partial charge in [0.2, 0.25) is 0 Å². The molecule has 0 radical (unpaired) electrons. The van der Waals surface area contributed by atoms with Crippen molar-refractivity contribution in [2.75, 3.05) is 85.1 Å². The fourth-order valence-corrected chi connectivity index (χ4v) is 12.1. The van der Waals surface area contributed by atoms with Gasteiger partial charge in [-0.3, -0.25) is 14.7 Å². The first-order valence-corrected chi connectivity index (χ1v) is 35.2. The van der Waals surface area contributed by atoms with E-state index in [0.29, 0.717) is 32.7 Å². The van der Waals surface area contributed by atoms with Crippen LogP contribution in [0, 0.1) is 0 Å². The molecule has 0 spiro atoms. The van der Waals surface area contributed by atoms with Gasteiger partial charge in [0.05, 0.1) is 30.5 Å². The molecule has 5 unspecified atom stereocenters. The van der Waals surface area contributed by atoms with Crippen LogP contribution in [0.15, 0.2) is 0 Å². The van der Waals surface area contributed by atoms with E-state index in [-0.39, 0.29) is 18.3 Å². The molecule has 78 heavy (non-hydrogen) atoms. The molecule has 1 saturated heterocycles. The average molecular weight is 1110 g/mol. The molecule has 1 aliphatic rings. The molecule has 0 aromatic carbocycles. The molecule has 1 heterocycles. The molecule has 10 nitrogen and oxygen atoms in total. The molecule has 10 heteroatoms. The number of nitrogens with zero attached hydrogens (tertiary/aromatic N) is 5. The standard InChI is InChI=1S/C68H141N5O5/c1-6-11-16-21-26-31-36-41-46-64(74)59-70(53-54-71(60-65(75)47-42-37-32-27-22-17-12-7-2)61-66(76)48-43-38-33-28-23-18-13-8-3)52-51-69-55-57-72(58-56-69)73(62-67(77)49-44-39-34-29-24-19-14-9-4)63-68(78)50-45-40-35-30-25-20-15-10-5/h64-68,74-78H,6-63H2,1-5H3. The van der Waals surface area contributed by atoms with Crippen molar-refractivity contribution in [1.82, 2.24) is 24.7 Å².